The summed E-state index contributed by atoms with van der Waals surface area (Å²) in [6.07, 6.45) is 10.1. The summed E-state index contributed by atoms with van der Waals surface area (Å²) >= 11 is 0. The molecule has 7 nitrogen and oxygen atoms in total. The monoisotopic (exact) mass is 511 g/mol. The molecule has 1 saturated carbocycles. The molecular formula is C30H45N3O4. The van der Waals surface area contributed by atoms with Crippen molar-refractivity contribution in [3.63, 3.8) is 0 Å². The number of methoxy groups -OCH3 is 1. The average molecular weight is 512 g/mol. The van der Waals surface area contributed by atoms with E-state index in [4.69, 9.17) is 15.2 Å². The second-order valence-corrected chi connectivity index (χ2v) is 11.0. The van der Waals surface area contributed by atoms with Crippen molar-refractivity contribution in [3.8, 4) is 0 Å². The van der Waals surface area contributed by atoms with Crippen LogP contribution in [0, 0.1) is 11.8 Å². The lowest BCUT2D eigenvalue weighted by atomic mass is 9.84. The van der Waals surface area contributed by atoms with Crippen molar-refractivity contribution in [1.82, 2.24) is 0 Å². The lowest BCUT2D eigenvalue weighted by molar-refractivity contribution is -0.00236. The molecule has 2 aliphatic rings. The highest BCUT2D eigenvalue weighted by Gasteiger charge is 2.36. The summed E-state index contributed by atoms with van der Waals surface area (Å²) in [6.45, 7) is 3.26. The molecule has 2 N–H and O–H groups in total. The van der Waals surface area contributed by atoms with E-state index in [1.807, 2.05) is 30.1 Å². The lowest BCUT2D eigenvalue weighted by Crippen LogP contribution is -2.52. The number of rotatable bonds is 13. The van der Waals surface area contributed by atoms with Gasteiger partial charge in [0.25, 0.3) is 10.9 Å². The topological polar surface area (TPSA) is 85.1 Å². The number of anilines is 2. The summed E-state index contributed by atoms with van der Waals surface area (Å²) in [5, 5.41) is 0. The van der Waals surface area contributed by atoms with Gasteiger partial charge in [-0.2, -0.15) is 0 Å². The molecule has 1 heterocycles. The van der Waals surface area contributed by atoms with Gasteiger partial charge in [-0.15, -0.1) is 0 Å². The third-order valence-corrected chi connectivity index (χ3v) is 8.48. The second kappa shape index (κ2) is 13.5. The highest BCUT2D eigenvalue weighted by atomic mass is 16.5. The number of hydrogen-bond donors (Lipinski definition) is 1. The molecule has 0 radical (unpaired) electrons. The van der Waals surface area contributed by atoms with E-state index in [1.54, 1.807) is 7.11 Å². The Hall–Kier alpha value is -2.22. The Morgan fingerprint density at radius 2 is 1.78 bits per heavy atom. The van der Waals surface area contributed by atoms with E-state index in [1.165, 1.54) is 32.1 Å². The summed E-state index contributed by atoms with van der Waals surface area (Å²) in [5.74, 6) is 0.884. The molecule has 3 atom stereocenters. The first-order valence-corrected chi connectivity index (χ1v) is 14.2. The lowest BCUT2D eigenvalue weighted by Gasteiger charge is -2.41. The van der Waals surface area contributed by atoms with Crippen LogP contribution in [-0.4, -0.2) is 53.0 Å². The van der Waals surface area contributed by atoms with Gasteiger partial charge in [-0.25, -0.2) is 0 Å². The van der Waals surface area contributed by atoms with Gasteiger partial charge in [0, 0.05) is 59.0 Å². The molecule has 1 unspecified atom stereocenters. The molecule has 2 fully saturated rings. The van der Waals surface area contributed by atoms with E-state index in [0.717, 1.165) is 37.8 Å². The van der Waals surface area contributed by atoms with Gasteiger partial charge in [0.15, 0.2) is 0 Å². The van der Waals surface area contributed by atoms with Gasteiger partial charge in [0.1, 0.15) is 11.4 Å². The number of hydrogen-bond acceptors (Lipinski definition) is 7. The first kappa shape index (κ1) is 27.8. The Labute approximate surface area is 221 Å². The van der Waals surface area contributed by atoms with Crippen LogP contribution in [0.1, 0.15) is 69.5 Å². The van der Waals surface area contributed by atoms with Crippen molar-refractivity contribution in [2.45, 2.75) is 69.9 Å². The van der Waals surface area contributed by atoms with E-state index in [9.17, 15) is 9.59 Å². The zero-order valence-corrected chi connectivity index (χ0v) is 22.7. The summed E-state index contributed by atoms with van der Waals surface area (Å²) in [5.41, 5.74) is 7.80. The Balaban J connectivity index is 1.50. The van der Waals surface area contributed by atoms with E-state index in [-0.39, 0.29) is 28.9 Å². The van der Waals surface area contributed by atoms with Gasteiger partial charge in [-0.3, -0.25) is 9.59 Å². The average Bonchev–Trinajstić information content (AvgIpc) is 2.94. The Morgan fingerprint density at radius 3 is 2.49 bits per heavy atom. The molecule has 4 rings (SSSR count). The van der Waals surface area contributed by atoms with Crippen molar-refractivity contribution in [2.75, 3.05) is 56.8 Å². The van der Waals surface area contributed by atoms with Gasteiger partial charge in [0.2, 0.25) is 0 Å². The standard InChI is InChI=1S/C30H45N3O4/c1-32(25(20-31)19-22-11-5-3-6-12-22)26-27(29(35)28(26)34)33-16-9-15-24(21-33)30(37-18-10-17-36-2)23-13-7-4-8-14-23/h4,7-8,13-14,22,24-25,30H,3,5-6,9-12,15-21,31H2,1-2H3/t24?,25-,30-/m0/s1. The van der Waals surface area contributed by atoms with Crippen LogP contribution in [0.15, 0.2) is 39.9 Å². The van der Waals surface area contributed by atoms with Crippen molar-refractivity contribution < 1.29 is 9.47 Å². The summed E-state index contributed by atoms with van der Waals surface area (Å²) < 4.78 is 11.6. The number of piperidine rings is 1. The molecule has 0 spiro atoms. The van der Waals surface area contributed by atoms with E-state index in [2.05, 4.69) is 17.0 Å². The number of ether oxygens (including phenoxy) is 2. The largest absolute Gasteiger partial charge is 0.385 e. The molecule has 1 aliphatic carbocycles. The molecule has 1 aliphatic heterocycles. The summed E-state index contributed by atoms with van der Waals surface area (Å²) in [4.78, 5) is 29.9. The van der Waals surface area contributed by atoms with E-state index >= 15 is 0 Å². The van der Waals surface area contributed by atoms with E-state index in [0.29, 0.717) is 43.6 Å². The normalized spacial score (nSPS) is 20.7. The predicted molar refractivity (Wildman–Crippen MR) is 150 cm³/mol. The molecular weight excluding hydrogens is 466 g/mol. The minimum atomic E-state index is -0.364. The van der Waals surface area contributed by atoms with Crippen molar-refractivity contribution in [3.05, 3.63) is 56.3 Å². The van der Waals surface area contributed by atoms with Crippen molar-refractivity contribution in [2.24, 2.45) is 17.6 Å². The molecule has 37 heavy (non-hydrogen) atoms. The maximum absolute atomic E-state index is 12.9. The van der Waals surface area contributed by atoms with E-state index < -0.39 is 0 Å². The minimum Gasteiger partial charge on any atom is -0.385 e. The molecule has 0 amide bonds. The number of likely N-dealkylation sites (N-methyl/N-ethyl adjacent to an activating group) is 1. The van der Waals surface area contributed by atoms with Gasteiger partial charge in [0.05, 0.1) is 6.10 Å². The number of nitrogens with zero attached hydrogens (tertiary/aromatic N) is 2. The fourth-order valence-electron chi connectivity index (χ4n) is 6.41. The maximum atomic E-state index is 12.9. The maximum Gasteiger partial charge on any atom is 0.253 e. The van der Waals surface area contributed by atoms with Gasteiger partial charge in [-0.05, 0) is 37.2 Å². The van der Waals surface area contributed by atoms with Crippen LogP contribution in [0.3, 0.4) is 0 Å². The molecule has 7 heteroatoms. The van der Waals surface area contributed by atoms with Crippen LogP contribution in [0.25, 0.3) is 0 Å². The van der Waals surface area contributed by atoms with Crippen molar-refractivity contribution >= 4 is 11.4 Å². The zero-order chi connectivity index (χ0) is 26.2. The fraction of sp³-hybridized carbons (Fsp3) is 0.667. The van der Waals surface area contributed by atoms with Crippen LogP contribution in [0.2, 0.25) is 0 Å². The highest BCUT2D eigenvalue weighted by Crippen LogP contribution is 2.37. The predicted octanol–water partition coefficient (Wildman–Crippen LogP) is 4.03. The smallest absolute Gasteiger partial charge is 0.253 e. The summed E-state index contributed by atoms with van der Waals surface area (Å²) in [7, 11) is 3.66. The SMILES string of the molecule is COCCCO[C@@H](c1ccccc1)C1CCCN(c2c(N(C)[C@H](CN)CC3CCCCC3)c(=O)c2=O)C1. The molecule has 1 saturated heterocycles. The van der Waals surface area contributed by atoms with Gasteiger partial charge >= 0.3 is 0 Å². The molecule has 2 aromatic rings. The number of benzene rings is 1. The summed E-state index contributed by atoms with van der Waals surface area (Å²) in [6, 6.07) is 10.4. The fourth-order valence-corrected chi connectivity index (χ4v) is 6.41. The molecule has 0 bridgehead atoms. The third kappa shape index (κ3) is 6.62. The Morgan fingerprint density at radius 1 is 1.03 bits per heavy atom. The van der Waals surface area contributed by atoms with Crippen LogP contribution in [0.5, 0.6) is 0 Å². The quantitative estimate of drug-likeness (QED) is 0.321. The van der Waals surface area contributed by atoms with Crippen LogP contribution < -0.4 is 26.4 Å². The van der Waals surface area contributed by atoms with Crippen LogP contribution >= 0.6 is 0 Å². The first-order chi connectivity index (χ1) is 18.0. The molecule has 0 aromatic heterocycles. The zero-order valence-electron chi connectivity index (χ0n) is 22.7. The third-order valence-electron chi connectivity index (χ3n) is 8.48. The van der Waals surface area contributed by atoms with Crippen LogP contribution in [-0.2, 0) is 9.47 Å². The first-order valence-electron chi connectivity index (χ1n) is 14.2. The minimum absolute atomic E-state index is 0.0587. The van der Waals surface area contributed by atoms with Gasteiger partial charge < -0.3 is 25.0 Å². The number of nitrogens with two attached hydrogens (primary N) is 1. The Kier molecular flexibility index (Phi) is 10.2. The highest BCUT2D eigenvalue weighted by molar-refractivity contribution is 5.76. The second-order valence-electron chi connectivity index (χ2n) is 11.0. The molecule has 2 aromatic carbocycles. The van der Waals surface area contributed by atoms with Crippen LogP contribution in [0.4, 0.5) is 11.4 Å². The van der Waals surface area contributed by atoms with Crippen molar-refractivity contribution in [1.29, 1.82) is 0 Å². The molecule has 204 valence electrons. The Bertz CT molecular complexity index is 1030. The van der Waals surface area contributed by atoms with Gasteiger partial charge in [-0.1, -0.05) is 62.4 Å².